The predicted octanol–water partition coefficient (Wildman–Crippen LogP) is 0.813. The molecular formula is C15H21FN2O3. The number of amides is 1. The maximum absolute atomic E-state index is 13.6. The number of halogens is 1. The smallest absolute Gasteiger partial charge is 0.254 e. The van der Waals surface area contributed by atoms with Gasteiger partial charge in [-0.3, -0.25) is 4.79 Å². The Bertz CT molecular complexity index is 484. The fourth-order valence-electron chi connectivity index (χ4n) is 2.59. The Kier molecular flexibility index (Phi) is 5.67. The van der Waals surface area contributed by atoms with E-state index in [-0.39, 0.29) is 24.3 Å². The monoisotopic (exact) mass is 296 g/mol. The first-order valence-corrected chi connectivity index (χ1v) is 7.17. The van der Waals surface area contributed by atoms with Crippen LogP contribution in [-0.2, 0) is 4.74 Å². The van der Waals surface area contributed by atoms with Crippen LogP contribution >= 0.6 is 0 Å². The van der Waals surface area contributed by atoms with Crippen molar-refractivity contribution in [2.24, 2.45) is 5.73 Å². The molecule has 3 atom stereocenters. The Morgan fingerprint density at radius 1 is 1.43 bits per heavy atom. The van der Waals surface area contributed by atoms with Crippen molar-refractivity contribution in [3.63, 3.8) is 0 Å². The van der Waals surface area contributed by atoms with Crippen molar-refractivity contribution in [3.8, 4) is 0 Å². The third kappa shape index (κ3) is 4.00. The van der Waals surface area contributed by atoms with Crippen molar-refractivity contribution in [1.29, 1.82) is 0 Å². The van der Waals surface area contributed by atoms with Crippen LogP contribution in [0, 0.1) is 5.82 Å². The Morgan fingerprint density at radius 3 is 2.86 bits per heavy atom. The number of carbonyl (C=O) groups excluding carboxylic acids is 1. The fraction of sp³-hybridized carbons (Fsp3) is 0.533. The van der Waals surface area contributed by atoms with E-state index in [2.05, 4.69) is 5.32 Å². The highest BCUT2D eigenvalue weighted by Crippen LogP contribution is 2.22. The summed E-state index contributed by atoms with van der Waals surface area (Å²) in [6.07, 6.45) is 1.69. The molecule has 2 rings (SSSR count). The quantitative estimate of drug-likeness (QED) is 0.751. The summed E-state index contributed by atoms with van der Waals surface area (Å²) in [6, 6.07) is 5.49. The summed E-state index contributed by atoms with van der Waals surface area (Å²) < 4.78 is 19.3. The molecule has 1 aromatic rings. The van der Waals surface area contributed by atoms with Crippen LogP contribution in [0.15, 0.2) is 24.3 Å². The highest BCUT2D eigenvalue weighted by Gasteiger charge is 2.32. The van der Waals surface area contributed by atoms with Gasteiger partial charge in [0.2, 0.25) is 0 Å². The molecule has 0 unspecified atom stereocenters. The number of aliphatic hydroxyl groups is 1. The number of nitrogens with one attached hydrogen (secondary N) is 1. The molecule has 6 heteroatoms. The largest absolute Gasteiger partial charge is 0.394 e. The molecule has 0 bridgehead atoms. The summed E-state index contributed by atoms with van der Waals surface area (Å²) >= 11 is 0. The van der Waals surface area contributed by atoms with Gasteiger partial charge in [0.1, 0.15) is 11.9 Å². The van der Waals surface area contributed by atoms with E-state index in [4.69, 9.17) is 10.5 Å². The van der Waals surface area contributed by atoms with Crippen LogP contribution in [-0.4, -0.2) is 42.4 Å². The van der Waals surface area contributed by atoms with Gasteiger partial charge in [-0.25, -0.2) is 4.39 Å². The lowest BCUT2D eigenvalue weighted by molar-refractivity contribution is -0.0889. The summed E-state index contributed by atoms with van der Waals surface area (Å²) in [6.45, 7) is 0.332. The third-order valence-corrected chi connectivity index (χ3v) is 3.72. The van der Waals surface area contributed by atoms with Gasteiger partial charge in [0.25, 0.3) is 5.91 Å². The van der Waals surface area contributed by atoms with Crippen LogP contribution in [0.4, 0.5) is 4.39 Å². The van der Waals surface area contributed by atoms with Crippen LogP contribution in [0.1, 0.15) is 29.6 Å². The number of rotatable bonds is 5. The molecule has 1 aromatic carbocycles. The number of nitrogens with two attached hydrogens (primary N) is 1. The minimum absolute atomic E-state index is 0.00160. The molecule has 1 amide bonds. The van der Waals surface area contributed by atoms with Crippen LogP contribution in [0.3, 0.4) is 0 Å². The van der Waals surface area contributed by atoms with Gasteiger partial charge >= 0.3 is 0 Å². The summed E-state index contributed by atoms with van der Waals surface area (Å²) in [5, 5.41) is 12.1. The van der Waals surface area contributed by atoms with Crippen molar-refractivity contribution >= 4 is 5.91 Å². The maximum Gasteiger partial charge on any atom is 0.254 e. The van der Waals surface area contributed by atoms with Gasteiger partial charge in [-0.2, -0.15) is 0 Å². The molecule has 0 aliphatic carbocycles. The second kappa shape index (κ2) is 7.49. The molecule has 1 aliphatic heterocycles. The van der Waals surface area contributed by atoms with Crippen LogP contribution in [0.2, 0.25) is 0 Å². The number of hydrogen-bond donors (Lipinski definition) is 3. The van der Waals surface area contributed by atoms with Gasteiger partial charge < -0.3 is 20.9 Å². The summed E-state index contributed by atoms with van der Waals surface area (Å²) in [7, 11) is 0. The molecule has 0 aromatic heterocycles. The first-order chi connectivity index (χ1) is 10.2. The number of carbonyl (C=O) groups is 1. The lowest BCUT2D eigenvalue weighted by Crippen LogP contribution is -2.51. The van der Waals surface area contributed by atoms with Gasteiger partial charge in [0.05, 0.1) is 24.3 Å². The van der Waals surface area contributed by atoms with Crippen molar-refractivity contribution in [2.75, 3.05) is 13.2 Å². The number of ether oxygens (including phenoxy) is 1. The zero-order valence-corrected chi connectivity index (χ0v) is 11.8. The molecule has 1 aliphatic rings. The zero-order chi connectivity index (χ0) is 15.2. The highest BCUT2D eigenvalue weighted by atomic mass is 19.1. The molecule has 0 saturated carbocycles. The second-order valence-electron chi connectivity index (χ2n) is 5.19. The fourth-order valence-corrected chi connectivity index (χ4v) is 2.59. The molecule has 1 heterocycles. The molecule has 0 radical (unpaired) electrons. The Hall–Kier alpha value is -1.50. The molecule has 21 heavy (non-hydrogen) atoms. The van der Waals surface area contributed by atoms with Crippen molar-refractivity contribution in [2.45, 2.75) is 37.5 Å². The number of benzene rings is 1. The minimum Gasteiger partial charge on any atom is -0.394 e. The Balaban J connectivity index is 1.99. The Morgan fingerprint density at radius 2 is 2.19 bits per heavy atom. The minimum atomic E-state index is -0.562. The SMILES string of the molecule is NCC[C@@H]1CC[C@@H](NC(=O)c2ccccc2F)[C@@H](CO)O1. The topological polar surface area (TPSA) is 84.6 Å². The molecule has 4 N–H and O–H groups in total. The lowest BCUT2D eigenvalue weighted by Gasteiger charge is -2.36. The number of aliphatic hydroxyl groups excluding tert-OH is 1. The van der Waals surface area contributed by atoms with E-state index in [9.17, 15) is 14.3 Å². The van der Waals surface area contributed by atoms with E-state index >= 15 is 0 Å². The molecular weight excluding hydrogens is 275 g/mol. The van der Waals surface area contributed by atoms with E-state index in [1.165, 1.54) is 18.2 Å². The van der Waals surface area contributed by atoms with E-state index in [1.54, 1.807) is 6.07 Å². The molecule has 1 saturated heterocycles. The normalized spacial score (nSPS) is 25.6. The third-order valence-electron chi connectivity index (χ3n) is 3.72. The van der Waals surface area contributed by atoms with Crippen molar-refractivity contribution in [1.82, 2.24) is 5.32 Å². The second-order valence-corrected chi connectivity index (χ2v) is 5.19. The average Bonchev–Trinajstić information content (AvgIpc) is 2.49. The maximum atomic E-state index is 13.6. The average molecular weight is 296 g/mol. The van der Waals surface area contributed by atoms with E-state index in [0.717, 1.165) is 12.8 Å². The summed E-state index contributed by atoms with van der Waals surface area (Å²) in [4.78, 5) is 12.1. The van der Waals surface area contributed by atoms with Crippen molar-refractivity contribution < 1.29 is 19.0 Å². The van der Waals surface area contributed by atoms with Gasteiger partial charge in [-0.15, -0.1) is 0 Å². The molecule has 0 spiro atoms. The summed E-state index contributed by atoms with van der Waals surface area (Å²) in [5.74, 6) is -1.05. The van der Waals surface area contributed by atoms with E-state index in [0.29, 0.717) is 13.0 Å². The predicted molar refractivity (Wildman–Crippen MR) is 76.3 cm³/mol. The number of hydrogen-bond acceptors (Lipinski definition) is 4. The van der Waals surface area contributed by atoms with Gasteiger partial charge in [0.15, 0.2) is 0 Å². The van der Waals surface area contributed by atoms with Gasteiger partial charge in [-0.05, 0) is 37.9 Å². The van der Waals surface area contributed by atoms with E-state index < -0.39 is 17.8 Å². The van der Waals surface area contributed by atoms with Gasteiger partial charge in [0, 0.05) is 0 Å². The summed E-state index contributed by atoms with van der Waals surface area (Å²) in [5.41, 5.74) is 5.50. The van der Waals surface area contributed by atoms with Gasteiger partial charge in [-0.1, -0.05) is 12.1 Å². The van der Waals surface area contributed by atoms with Crippen molar-refractivity contribution in [3.05, 3.63) is 35.6 Å². The molecule has 1 fully saturated rings. The molecule has 116 valence electrons. The van der Waals surface area contributed by atoms with Crippen LogP contribution in [0.5, 0.6) is 0 Å². The van der Waals surface area contributed by atoms with Crippen LogP contribution in [0.25, 0.3) is 0 Å². The van der Waals surface area contributed by atoms with E-state index in [1.807, 2.05) is 0 Å². The first-order valence-electron chi connectivity index (χ1n) is 7.17. The zero-order valence-electron chi connectivity index (χ0n) is 11.8. The highest BCUT2D eigenvalue weighted by molar-refractivity contribution is 5.94. The standard InChI is InChI=1S/C15H21FN2O3/c16-12-4-2-1-3-11(12)15(20)18-13-6-5-10(7-8-17)21-14(13)9-19/h1-4,10,13-14,19H,5-9,17H2,(H,18,20)/t10-,13+,14+/m0/s1. The van der Waals surface area contributed by atoms with Crippen LogP contribution < -0.4 is 11.1 Å². The Labute approximate surface area is 123 Å². The molecule has 5 nitrogen and oxygen atoms in total. The first kappa shape index (κ1) is 15.9. The lowest BCUT2D eigenvalue weighted by atomic mass is 9.96.